The van der Waals surface area contributed by atoms with Crippen molar-refractivity contribution < 1.29 is 41.7 Å². The van der Waals surface area contributed by atoms with E-state index in [-0.39, 0.29) is 36.9 Å². The molecular weight excluding hydrogens is 445 g/mol. The van der Waals surface area contributed by atoms with Crippen LogP contribution in [-0.2, 0) is 23.4 Å². The summed E-state index contributed by atoms with van der Waals surface area (Å²) in [5.74, 6) is -0.374. The number of hydrogen-bond acceptors (Lipinski definition) is 6. The Hall–Kier alpha value is -0.683. The Morgan fingerprint density at radius 3 is 2.06 bits per heavy atom. The van der Waals surface area contributed by atoms with Gasteiger partial charge in [0.05, 0.1) is 24.2 Å². The molecule has 1 saturated heterocycles. The van der Waals surface area contributed by atoms with E-state index in [4.69, 9.17) is 18.6 Å². The van der Waals surface area contributed by atoms with Crippen LogP contribution in [-0.4, -0.2) is 69.8 Å². The van der Waals surface area contributed by atoms with Crippen molar-refractivity contribution in [2.75, 3.05) is 13.7 Å². The first-order chi connectivity index (χ1) is 14.3. The minimum absolute atomic E-state index is 0.0205. The van der Waals surface area contributed by atoms with Crippen molar-refractivity contribution in [1.29, 1.82) is 0 Å². The smallest absolute Gasteiger partial charge is 0.413 e. The van der Waals surface area contributed by atoms with E-state index < -0.39 is 50.4 Å². The van der Waals surface area contributed by atoms with Gasteiger partial charge in [0.15, 0.2) is 8.32 Å². The van der Waals surface area contributed by atoms with E-state index >= 15 is 0 Å². The number of hydrogen-bond donors (Lipinski definition) is 1. The normalized spacial score (nSPS) is 26.3. The van der Waals surface area contributed by atoms with Gasteiger partial charge >= 0.3 is 12.1 Å². The van der Waals surface area contributed by atoms with Gasteiger partial charge in [0.25, 0.3) is 0 Å². The van der Waals surface area contributed by atoms with Crippen LogP contribution in [0.15, 0.2) is 0 Å². The molecule has 0 saturated carbocycles. The molecule has 32 heavy (non-hydrogen) atoms. The summed E-state index contributed by atoms with van der Waals surface area (Å²) >= 11 is 0. The van der Waals surface area contributed by atoms with Gasteiger partial charge < -0.3 is 23.7 Å². The molecule has 0 radical (unpaired) electrons. The van der Waals surface area contributed by atoms with Crippen LogP contribution < -0.4 is 0 Å². The SMILES string of the molecule is CO[C@@H]1C(O)[C@H](CCOC(=O)C(C)(C)C)O[C@@H]1CCC(O[Si](C)(C)C(C)(C)C)C(F)(F)F. The van der Waals surface area contributed by atoms with Crippen LogP contribution in [0.5, 0.6) is 0 Å². The summed E-state index contributed by atoms with van der Waals surface area (Å²) in [6, 6.07) is 0. The van der Waals surface area contributed by atoms with Gasteiger partial charge in [0, 0.05) is 13.5 Å². The number of aliphatic hydroxyl groups excluding tert-OH is 1. The van der Waals surface area contributed by atoms with Gasteiger partial charge in [-0.05, 0) is 51.7 Å². The Labute approximate surface area is 191 Å². The van der Waals surface area contributed by atoms with Crippen molar-refractivity contribution in [2.45, 2.75) is 116 Å². The molecule has 10 heteroatoms. The highest BCUT2D eigenvalue weighted by atomic mass is 28.4. The lowest BCUT2D eigenvalue weighted by atomic mass is 9.97. The van der Waals surface area contributed by atoms with Crippen LogP contribution in [0.25, 0.3) is 0 Å². The Bertz CT molecular complexity index is 612. The zero-order valence-electron chi connectivity index (χ0n) is 20.8. The highest BCUT2D eigenvalue weighted by Crippen LogP contribution is 2.41. The number of alkyl halides is 3. The van der Waals surface area contributed by atoms with E-state index in [2.05, 4.69) is 0 Å². The first-order valence-corrected chi connectivity index (χ1v) is 14.0. The topological polar surface area (TPSA) is 74.2 Å². The van der Waals surface area contributed by atoms with Gasteiger partial charge in [-0.2, -0.15) is 13.2 Å². The zero-order valence-corrected chi connectivity index (χ0v) is 21.8. The predicted molar refractivity (Wildman–Crippen MR) is 118 cm³/mol. The average molecular weight is 487 g/mol. The molecule has 0 aromatic carbocycles. The van der Waals surface area contributed by atoms with E-state index in [0.29, 0.717) is 0 Å². The number of halogens is 3. The Morgan fingerprint density at radius 2 is 1.62 bits per heavy atom. The van der Waals surface area contributed by atoms with Crippen LogP contribution in [0, 0.1) is 5.41 Å². The second-order valence-corrected chi connectivity index (χ2v) is 15.8. The van der Waals surface area contributed by atoms with Gasteiger partial charge in [-0.15, -0.1) is 0 Å². The van der Waals surface area contributed by atoms with E-state index in [1.165, 1.54) is 7.11 Å². The van der Waals surface area contributed by atoms with Gasteiger partial charge in [0.2, 0.25) is 0 Å². The Morgan fingerprint density at radius 1 is 1.06 bits per heavy atom. The summed E-state index contributed by atoms with van der Waals surface area (Å²) in [6.45, 7) is 14.5. The van der Waals surface area contributed by atoms with Crippen molar-refractivity contribution in [3.05, 3.63) is 0 Å². The molecule has 5 atom stereocenters. The van der Waals surface area contributed by atoms with E-state index in [0.717, 1.165) is 0 Å². The van der Waals surface area contributed by atoms with Crippen LogP contribution in [0.1, 0.15) is 60.8 Å². The monoisotopic (exact) mass is 486 g/mol. The summed E-state index contributed by atoms with van der Waals surface area (Å²) in [5.41, 5.74) is -0.649. The summed E-state index contributed by atoms with van der Waals surface area (Å²) in [5, 5.41) is 10.2. The van der Waals surface area contributed by atoms with Crippen LogP contribution in [0.4, 0.5) is 13.2 Å². The second-order valence-electron chi connectivity index (χ2n) is 11.1. The van der Waals surface area contributed by atoms with Crippen LogP contribution in [0.3, 0.4) is 0 Å². The molecule has 0 aliphatic carbocycles. The fraction of sp³-hybridized carbons (Fsp3) is 0.955. The molecule has 1 fully saturated rings. The van der Waals surface area contributed by atoms with Crippen molar-refractivity contribution in [2.24, 2.45) is 5.41 Å². The maximum absolute atomic E-state index is 13.7. The number of carbonyl (C=O) groups is 1. The molecular formula is C22H41F3O6Si. The molecule has 1 aliphatic heterocycles. The lowest BCUT2D eigenvalue weighted by molar-refractivity contribution is -0.202. The fourth-order valence-corrected chi connectivity index (χ4v) is 4.51. The van der Waals surface area contributed by atoms with E-state index in [9.17, 15) is 23.1 Å². The number of aliphatic hydroxyl groups is 1. The van der Waals surface area contributed by atoms with Crippen LogP contribution in [0.2, 0.25) is 18.1 Å². The minimum atomic E-state index is -4.50. The lowest BCUT2D eigenvalue weighted by Gasteiger charge is -2.40. The number of carbonyl (C=O) groups excluding carboxylic acids is 1. The molecule has 0 aromatic heterocycles. The standard InChI is InChI=1S/C22H41F3O6Si/c1-20(2,3)19(27)29-13-12-14-17(26)18(28-7)15(30-14)10-11-16(22(23,24)25)31-32(8,9)21(4,5)6/h14-18,26H,10-13H2,1-9H3/t14-,15+,16?,17?,18-/m0/s1. The highest BCUT2D eigenvalue weighted by Gasteiger charge is 2.49. The van der Waals surface area contributed by atoms with Crippen molar-refractivity contribution >= 4 is 14.3 Å². The Kier molecular flexibility index (Phi) is 9.83. The molecule has 1 rings (SSSR count). The molecule has 1 N–H and O–H groups in total. The second kappa shape index (κ2) is 10.7. The van der Waals surface area contributed by atoms with Gasteiger partial charge in [-0.3, -0.25) is 4.79 Å². The molecule has 0 spiro atoms. The highest BCUT2D eigenvalue weighted by molar-refractivity contribution is 6.74. The molecule has 1 aliphatic rings. The van der Waals surface area contributed by atoms with Gasteiger partial charge in [-0.25, -0.2) is 0 Å². The van der Waals surface area contributed by atoms with Crippen molar-refractivity contribution in [3.8, 4) is 0 Å². The number of ether oxygens (including phenoxy) is 3. The molecule has 0 bridgehead atoms. The average Bonchev–Trinajstić information content (AvgIpc) is 2.90. The van der Waals surface area contributed by atoms with Crippen LogP contribution >= 0.6 is 0 Å². The van der Waals surface area contributed by atoms with E-state index in [1.807, 2.05) is 20.8 Å². The predicted octanol–water partition coefficient (Wildman–Crippen LogP) is 4.84. The third-order valence-corrected chi connectivity index (χ3v) is 10.8. The minimum Gasteiger partial charge on any atom is -0.465 e. The molecule has 1 heterocycles. The summed E-state index contributed by atoms with van der Waals surface area (Å²) in [7, 11) is -1.25. The molecule has 2 unspecified atom stereocenters. The molecule has 0 amide bonds. The summed E-state index contributed by atoms with van der Waals surface area (Å²) in [4.78, 5) is 11.9. The summed E-state index contributed by atoms with van der Waals surface area (Å²) in [6.07, 6.45) is -9.66. The lowest BCUT2D eigenvalue weighted by Crippen LogP contribution is -2.48. The Balaban J connectivity index is 2.77. The quantitative estimate of drug-likeness (QED) is 0.371. The zero-order chi connectivity index (χ0) is 25.1. The van der Waals surface area contributed by atoms with Gasteiger partial charge in [0.1, 0.15) is 18.3 Å². The maximum Gasteiger partial charge on any atom is 0.413 e. The first kappa shape index (κ1) is 29.3. The number of methoxy groups -OCH3 is 1. The fourth-order valence-electron chi connectivity index (χ4n) is 3.20. The first-order valence-electron chi connectivity index (χ1n) is 11.1. The summed E-state index contributed by atoms with van der Waals surface area (Å²) < 4.78 is 63.2. The largest absolute Gasteiger partial charge is 0.465 e. The number of rotatable bonds is 9. The molecule has 190 valence electrons. The third kappa shape index (κ3) is 7.97. The molecule has 0 aromatic rings. The maximum atomic E-state index is 13.7. The van der Waals surface area contributed by atoms with Gasteiger partial charge in [-0.1, -0.05) is 20.8 Å². The third-order valence-electron chi connectivity index (χ3n) is 6.28. The van der Waals surface area contributed by atoms with Crippen molar-refractivity contribution in [3.63, 3.8) is 0 Å². The van der Waals surface area contributed by atoms with Crippen molar-refractivity contribution in [1.82, 2.24) is 0 Å². The molecule has 6 nitrogen and oxygen atoms in total. The van der Waals surface area contributed by atoms with E-state index in [1.54, 1.807) is 33.9 Å². The number of esters is 1.